The average molecular weight is 381 g/mol. The van der Waals surface area contributed by atoms with Crippen LogP contribution in [0.5, 0.6) is 5.75 Å². The van der Waals surface area contributed by atoms with Crippen molar-refractivity contribution in [2.45, 2.75) is 24.5 Å². The van der Waals surface area contributed by atoms with E-state index in [1.165, 1.54) is 0 Å². The molecule has 0 saturated carbocycles. The summed E-state index contributed by atoms with van der Waals surface area (Å²) in [5, 5.41) is 7.51. The first kappa shape index (κ1) is 17.5. The highest BCUT2D eigenvalue weighted by Crippen LogP contribution is 2.31. The Morgan fingerprint density at radius 1 is 1.11 bits per heavy atom. The topological polar surface area (TPSA) is 73.2 Å². The quantitative estimate of drug-likeness (QED) is 0.737. The molecule has 1 aromatic heterocycles. The van der Waals surface area contributed by atoms with Gasteiger partial charge in [0.25, 0.3) is 5.91 Å². The summed E-state index contributed by atoms with van der Waals surface area (Å²) >= 11 is 0. The lowest BCUT2D eigenvalue weighted by Crippen LogP contribution is -2.31. The van der Waals surface area contributed by atoms with Crippen LogP contribution in [0.1, 0.15) is 18.2 Å². The summed E-state index contributed by atoms with van der Waals surface area (Å²) in [5.74, 6) is 1.72. The van der Waals surface area contributed by atoms with Crippen molar-refractivity contribution >= 4 is 22.5 Å². The van der Waals surface area contributed by atoms with Gasteiger partial charge in [0.1, 0.15) is 11.6 Å². The molecule has 4 rings (SSSR count). The number of benzene rings is 2. The zero-order chi connectivity index (χ0) is 18.8. The summed E-state index contributed by atoms with van der Waals surface area (Å²) in [7, 11) is -0.979. The second-order valence-electron chi connectivity index (χ2n) is 6.31. The predicted molar refractivity (Wildman–Crippen MR) is 104 cm³/mol. The molecule has 6 nitrogen and oxygen atoms in total. The number of carbonyl (C=O) groups excluding carboxylic acids is 1. The van der Waals surface area contributed by atoms with E-state index in [0.29, 0.717) is 23.1 Å². The maximum atomic E-state index is 12.7. The fraction of sp³-hybridized carbons (Fsp3) is 0.200. The lowest BCUT2D eigenvalue weighted by Gasteiger charge is -2.16. The maximum Gasteiger partial charge on any atom is 0.266 e. The summed E-state index contributed by atoms with van der Waals surface area (Å²) in [5.41, 5.74) is 2.44. The van der Waals surface area contributed by atoms with Crippen LogP contribution in [-0.4, -0.2) is 26.0 Å². The minimum absolute atomic E-state index is 0.281. The molecule has 1 aliphatic heterocycles. The van der Waals surface area contributed by atoms with Crippen LogP contribution in [0.15, 0.2) is 60.7 Å². The summed E-state index contributed by atoms with van der Waals surface area (Å²) in [6.07, 6.45) is -0.686. The highest BCUT2D eigenvalue weighted by Gasteiger charge is 2.29. The maximum absolute atomic E-state index is 12.7. The molecule has 0 radical (unpaired) electrons. The fourth-order valence-electron chi connectivity index (χ4n) is 2.99. The smallest absolute Gasteiger partial charge is 0.266 e. The van der Waals surface area contributed by atoms with Crippen molar-refractivity contribution in [2.75, 3.05) is 5.32 Å². The largest absolute Gasteiger partial charge is 0.481 e. The Bertz CT molecular complexity index is 986. The van der Waals surface area contributed by atoms with Gasteiger partial charge in [0, 0.05) is 16.4 Å². The number of nitrogens with zero attached hydrogens (tertiary/aromatic N) is 2. The number of rotatable bonds is 5. The molecule has 0 spiro atoms. The minimum Gasteiger partial charge on any atom is -0.481 e. The number of amides is 1. The second-order valence-corrected chi connectivity index (χ2v) is 7.77. The van der Waals surface area contributed by atoms with E-state index in [9.17, 15) is 9.00 Å². The molecule has 0 aliphatic carbocycles. The third kappa shape index (κ3) is 3.64. The van der Waals surface area contributed by atoms with Gasteiger partial charge in [0.15, 0.2) is 6.10 Å². The first-order valence-corrected chi connectivity index (χ1v) is 10.1. The van der Waals surface area contributed by atoms with E-state index in [4.69, 9.17) is 4.74 Å². The lowest BCUT2D eigenvalue weighted by molar-refractivity contribution is -0.122. The predicted octanol–water partition coefficient (Wildman–Crippen LogP) is 3.04. The van der Waals surface area contributed by atoms with Crippen LogP contribution in [0.2, 0.25) is 0 Å². The van der Waals surface area contributed by atoms with Crippen molar-refractivity contribution in [1.82, 2.24) is 9.78 Å². The second kappa shape index (κ2) is 7.36. The van der Waals surface area contributed by atoms with Crippen LogP contribution in [0, 0.1) is 0 Å². The number of hydrogen-bond donors (Lipinski definition) is 1. The van der Waals surface area contributed by atoms with Gasteiger partial charge in [-0.2, -0.15) is 5.10 Å². The van der Waals surface area contributed by atoms with Gasteiger partial charge in [-0.1, -0.05) is 36.4 Å². The van der Waals surface area contributed by atoms with Gasteiger partial charge in [-0.05, 0) is 31.2 Å². The number of hydrogen-bond acceptors (Lipinski definition) is 4. The first-order valence-electron chi connectivity index (χ1n) is 8.65. The van der Waals surface area contributed by atoms with E-state index in [1.807, 2.05) is 48.5 Å². The molecule has 2 aromatic carbocycles. The van der Waals surface area contributed by atoms with Crippen molar-refractivity contribution in [1.29, 1.82) is 0 Å². The Balaban J connectivity index is 1.61. The number of carbonyl (C=O) groups is 1. The average Bonchev–Trinajstić information content (AvgIpc) is 3.20. The zero-order valence-corrected chi connectivity index (χ0v) is 15.6. The summed E-state index contributed by atoms with van der Waals surface area (Å²) in [4.78, 5) is 12.7. The SMILES string of the molecule is C[C@H](Oc1ccccc1)C(=O)Nc1c2c(nn1-c1ccccc1)C[S@@](=O)C2. The molecule has 2 atom stereocenters. The van der Waals surface area contributed by atoms with Crippen LogP contribution in [0.4, 0.5) is 5.82 Å². The molecule has 27 heavy (non-hydrogen) atoms. The Labute approximate surface area is 159 Å². The molecule has 1 N–H and O–H groups in total. The third-order valence-corrected chi connectivity index (χ3v) is 5.54. The van der Waals surface area contributed by atoms with Crippen LogP contribution >= 0.6 is 0 Å². The molecule has 1 amide bonds. The molecule has 0 bridgehead atoms. The molecule has 7 heteroatoms. The number of aromatic nitrogens is 2. The molecule has 1 aliphatic rings. The van der Waals surface area contributed by atoms with Crippen molar-refractivity contribution in [2.24, 2.45) is 0 Å². The monoisotopic (exact) mass is 381 g/mol. The molecule has 0 fully saturated rings. The number of anilines is 1. The van der Waals surface area contributed by atoms with Crippen LogP contribution in [0.3, 0.4) is 0 Å². The highest BCUT2D eigenvalue weighted by atomic mass is 32.2. The van der Waals surface area contributed by atoms with Crippen molar-refractivity contribution in [3.63, 3.8) is 0 Å². The molecular formula is C20H19N3O3S. The van der Waals surface area contributed by atoms with Crippen molar-refractivity contribution in [3.8, 4) is 11.4 Å². The van der Waals surface area contributed by atoms with Crippen LogP contribution in [-0.2, 0) is 27.1 Å². The summed E-state index contributed by atoms with van der Waals surface area (Å²) in [6.45, 7) is 1.70. The van der Waals surface area contributed by atoms with Gasteiger partial charge in [-0.25, -0.2) is 4.68 Å². The van der Waals surface area contributed by atoms with Crippen LogP contribution < -0.4 is 10.1 Å². The van der Waals surface area contributed by atoms with Crippen molar-refractivity contribution < 1.29 is 13.7 Å². The zero-order valence-electron chi connectivity index (χ0n) is 14.8. The third-order valence-electron chi connectivity index (χ3n) is 4.34. The molecule has 138 valence electrons. The van der Waals surface area contributed by atoms with Crippen molar-refractivity contribution in [3.05, 3.63) is 71.9 Å². The fourth-order valence-corrected chi connectivity index (χ4v) is 4.25. The van der Waals surface area contributed by atoms with Gasteiger partial charge in [0.2, 0.25) is 0 Å². The molecule has 0 saturated heterocycles. The molecule has 2 heterocycles. The Kier molecular flexibility index (Phi) is 4.77. The van der Waals surface area contributed by atoms with Gasteiger partial charge in [-0.15, -0.1) is 0 Å². The van der Waals surface area contributed by atoms with Gasteiger partial charge >= 0.3 is 0 Å². The van der Waals surface area contributed by atoms with Gasteiger partial charge in [0.05, 0.1) is 22.9 Å². The van der Waals surface area contributed by atoms with Gasteiger partial charge in [-0.3, -0.25) is 9.00 Å². The number of para-hydroxylation sites is 2. The molecule has 0 unspecified atom stereocenters. The number of ether oxygens (including phenoxy) is 1. The van der Waals surface area contributed by atoms with E-state index >= 15 is 0 Å². The molecular weight excluding hydrogens is 362 g/mol. The van der Waals surface area contributed by atoms with E-state index in [-0.39, 0.29) is 5.91 Å². The van der Waals surface area contributed by atoms with E-state index in [1.54, 1.807) is 23.7 Å². The molecule has 3 aromatic rings. The minimum atomic E-state index is -0.979. The van der Waals surface area contributed by atoms with E-state index in [0.717, 1.165) is 16.9 Å². The summed E-state index contributed by atoms with van der Waals surface area (Å²) in [6, 6.07) is 18.8. The Morgan fingerprint density at radius 3 is 2.48 bits per heavy atom. The van der Waals surface area contributed by atoms with E-state index in [2.05, 4.69) is 10.4 Å². The standard InChI is InChI=1S/C20H19N3O3S/c1-14(26-16-10-6-3-7-11-16)20(24)21-19-17-12-27(25)13-18(17)22-23(19)15-8-4-2-5-9-15/h2-11,14H,12-13H2,1H3,(H,21,24)/t14-,27-/m0/s1. The normalized spacial score (nSPS) is 16.6. The number of nitrogens with one attached hydrogen (secondary N) is 1. The highest BCUT2D eigenvalue weighted by molar-refractivity contribution is 7.83. The Morgan fingerprint density at radius 2 is 1.78 bits per heavy atom. The summed E-state index contributed by atoms with van der Waals surface area (Å²) < 4.78 is 19.4. The Hall–Kier alpha value is -2.93. The van der Waals surface area contributed by atoms with E-state index < -0.39 is 16.9 Å². The van der Waals surface area contributed by atoms with Crippen LogP contribution in [0.25, 0.3) is 5.69 Å². The van der Waals surface area contributed by atoms with Gasteiger partial charge < -0.3 is 10.1 Å². The first-order chi connectivity index (χ1) is 13.1. The lowest BCUT2D eigenvalue weighted by atomic mass is 10.2. The number of fused-ring (bicyclic) bond motifs is 1.